The van der Waals surface area contributed by atoms with Crippen LogP contribution in [0.15, 0.2) is 36.1 Å². The summed E-state index contributed by atoms with van der Waals surface area (Å²) in [7, 11) is 0. The van der Waals surface area contributed by atoms with Crippen LogP contribution in [0.4, 0.5) is 5.82 Å². The van der Waals surface area contributed by atoms with Crippen LogP contribution >= 0.6 is 22.9 Å². The Labute approximate surface area is 187 Å². The first-order chi connectivity index (χ1) is 15.1. The number of hydrogen-bond donors (Lipinski definition) is 1. The Morgan fingerprint density at radius 2 is 2.10 bits per heavy atom. The number of rotatable bonds is 4. The van der Waals surface area contributed by atoms with Crippen LogP contribution in [0, 0.1) is 0 Å². The summed E-state index contributed by atoms with van der Waals surface area (Å²) in [5, 5.41) is 5.41. The smallest absolute Gasteiger partial charge is 0.273 e. The molecule has 1 aliphatic rings. The van der Waals surface area contributed by atoms with Crippen LogP contribution in [-0.2, 0) is 4.74 Å². The van der Waals surface area contributed by atoms with E-state index >= 15 is 0 Å². The van der Waals surface area contributed by atoms with Crippen molar-refractivity contribution < 1.29 is 9.53 Å². The summed E-state index contributed by atoms with van der Waals surface area (Å²) >= 11 is 7.94. The number of ether oxygens (including phenoxy) is 1. The van der Waals surface area contributed by atoms with Crippen LogP contribution in [0.2, 0.25) is 5.02 Å². The third kappa shape index (κ3) is 3.80. The number of carbonyl (C=O) groups is 1. The van der Waals surface area contributed by atoms with Gasteiger partial charge in [-0.2, -0.15) is 0 Å². The molecule has 5 rings (SSSR count). The molecule has 0 saturated carbocycles. The van der Waals surface area contributed by atoms with Gasteiger partial charge in [0.1, 0.15) is 22.4 Å². The molecule has 31 heavy (non-hydrogen) atoms. The molecule has 0 radical (unpaired) electrons. The van der Waals surface area contributed by atoms with Gasteiger partial charge in [-0.3, -0.25) is 4.79 Å². The van der Waals surface area contributed by atoms with E-state index < -0.39 is 0 Å². The summed E-state index contributed by atoms with van der Waals surface area (Å²) in [6.07, 6.45) is 1.51. The third-order valence-corrected chi connectivity index (χ3v) is 6.31. The van der Waals surface area contributed by atoms with Crippen LogP contribution in [0.3, 0.4) is 0 Å². The number of morpholine rings is 1. The minimum atomic E-state index is -0.223. The van der Waals surface area contributed by atoms with E-state index in [2.05, 4.69) is 20.3 Å². The highest BCUT2D eigenvalue weighted by Gasteiger charge is 2.25. The molecule has 4 aromatic rings. The Hall–Kier alpha value is -2.88. The maximum atomic E-state index is 13.3. The number of hydrogen-bond acceptors (Lipinski definition) is 8. The zero-order valence-electron chi connectivity index (χ0n) is 16.7. The number of thiazole rings is 1. The van der Waals surface area contributed by atoms with Gasteiger partial charge < -0.3 is 15.0 Å². The molecule has 0 spiro atoms. The molecule has 1 aliphatic heterocycles. The average molecular weight is 455 g/mol. The van der Waals surface area contributed by atoms with Crippen molar-refractivity contribution in [2.45, 2.75) is 13.0 Å². The SMILES string of the molecule is C[C@H](Nc1ncnc2scnc12)c1cc2cccc(Cl)c2c(C(=O)N2CCOCC2)n1. The number of nitrogens with one attached hydrogen (secondary N) is 1. The predicted molar refractivity (Wildman–Crippen MR) is 121 cm³/mol. The van der Waals surface area contributed by atoms with E-state index in [0.717, 1.165) is 10.2 Å². The zero-order chi connectivity index (χ0) is 21.4. The topological polar surface area (TPSA) is 93.1 Å². The number of benzene rings is 1. The molecule has 0 aliphatic carbocycles. The van der Waals surface area contributed by atoms with E-state index in [1.807, 2.05) is 25.1 Å². The van der Waals surface area contributed by atoms with Crippen molar-refractivity contribution in [3.05, 3.63) is 52.5 Å². The van der Waals surface area contributed by atoms with Gasteiger partial charge in [-0.15, -0.1) is 11.3 Å². The van der Waals surface area contributed by atoms with Gasteiger partial charge in [0.2, 0.25) is 0 Å². The number of fused-ring (bicyclic) bond motifs is 2. The normalized spacial score (nSPS) is 15.4. The summed E-state index contributed by atoms with van der Waals surface area (Å²) in [5.74, 6) is 0.493. The van der Waals surface area contributed by atoms with E-state index in [0.29, 0.717) is 59.4 Å². The highest BCUT2D eigenvalue weighted by atomic mass is 35.5. The third-order valence-electron chi connectivity index (χ3n) is 5.26. The fraction of sp³-hybridized carbons (Fsp3) is 0.286. The first-order valence-corrected chi connectivity index (χ1v) is 11.1. The monoisotopic (exact) mass is 454 g/mol. The summed E-state index contributed by atoms with van der Waals surface area (Å²) in [6.45, 7) is 4.08. The Morgan fingerprint density at radius 1 is 1.26 bits per heavy atom. The summed E-state index contributed by atoms with van der Waals surface area (Å²) in [4.78, 5) is 33.6. The molecule has 0 unspecified atom stereocenters. The van der Waals surface area contributed by atoms with Gasteiger partial charge in [-0.05, 0) is 24.4 Å². The average Bonchev–Trinajstić information content (AvgIpc) is 3.28. The Kier molecular flexibility index (Phi) is 5.39. The van der Waals surface area contributed by atoms with Crippen molar-refractivity contribution in [3.8, 4) is 0 Å². The second-order valence-electron chi connectivity index (χ2n) is 7.23. The highest BCUT2D eigenvalue weighted by molar-refractivity contribution is 7.16. The molecule has 1 saturated heterocycles. The van der Waals surface area contributed by atoms with E-state index in [-0.39, 0.29) is 11.9 Å². The second-order valence-corrected chi connectivity index (χ2v) is 8.47. The molecule has 3 aromatic heterocycles. The van der Waals surface area contributed by atoms with Crippen molar-refractivity contribution in [1.29, 1.82) is 0 Å². The molecule has 1 aromatic carbocycles. The lowest BCUT2D eigenvalue weighted by Crippen LogP contribution is -2.41. The molecular formula is C21H19ClN6O2S. The van der Waals surface area contributed by atoms with Crippen molar-refractivity contribution in [3.63, 3.8) is 0 Å². The van der Waals surface area contributed by atoms with E-state index in [1.54, 1.807) is 16.5 Å². The maximum Gasteiger partial charge on any atom is 0.273 e. The van der Waals surface area contributed by atoms with Gasteiger partial charge in [0, 0.05) is 18.5 Å². The van der Waals surface area contributed by atoms with Crippen molar-refractivity contribution in [2.24, 2.45) is 0 Å². The lowest BCUT2D eigenvalue weighted by Gasteiger charge is -2.27. The first kappa shape index (κ1) is 20.0. The lowest BCUT2D eigenvalue weighted by molar-refractivity contribution is 0.0300. The second kappa shape index (κ2) is 8.33. The van der Waals surface area contributed by atoms with Crippen molar-refractivity contribution in [1.82, 2.24) is 24.8 Å². The van der Waals surface area contributed by atoms with Gasteiger partial charge >= 0.3 is 0 Å². The van der Waals surface area contributed by atoms with Gasteiger partial charge in [0.25, 0.3) is 5.91 Å². The molecular weight excluding hydrogens is 436 g/mol. The minimum Gasteiger partial charge on any atom is -0.378 e. The number of amides is 1. The van der Waals surface area contributed by atoms with Crippen LogP contribution in [0.25, 0.3) is 21.1 Å². The molecule has 1 N–H and O–H groups in total. The summed E-state index contributed by atoms with van der Waals surface area (Å²) in [6, 6.07) is 7.33. The van der Waals surface area contributed by atoms with Gasteiger partial charge in [-0.25, -0.2) is 19.9 Å². The Bertz CT molecular complexity index is 1270. The lowest BCUT2D eigenvalue weighted by atomic mass is 10.0. The molecule has 1 fully saturated rings. The molecule has 1 atom stereocenters. The Balaban J connectivity index is 1.55. The van der Waals surface area contributed by atoms with Crippen LogP contribution in [0.5, 0.6) is 0 Å². The number of pyridine rings is 1. The van der Waals surface area contributed by atoms with E-state index in [1.165, 1.54) is 17.7 Å². The number of carbonyl (C=O) groups excluding carboxylic acids is 1. The van der Waals surface area contributed by atoms with Crippen LogP contribution in [0.1, 0.15) is 29.1 Å². The number of nitrogens with zero attached hydrogens (tertiary/aromatic N) is 5. The predicted octanol–water partition coefficient (Wildman–Crippen LogP) is 3.93. The number of anilines is 1. The fourth-order valence-electron chi connectivity index (χ4n) is 3.66. The molecule has 10 heteroatoms. The maximum absolute atomic E-state index is 13.3. The van der Waals surface area contributed by atoms with Gasteiger partial charge in [0.15, 0.2) is 5.82 Å². The summed E-state index contributed by atoms with van der Waals surface area (Å²) < 4.78 is 5.39. The number of aromatic nitrogens is 4. The minimum absolute atomic E-state index is 0.139. The van der Waals surface area contributed by atoms with Crippen molar-refractivity contribution >= 4 is 55.8 Å². The zero-order valence-corrected chi connectivity index (χ0v) is 18.3. The van der Waals surface area contributed by atoms with Gasteiger partial charge in [-0.1, -0.05) is 23.7 Å². The largest absolute Gasteiger partial charge is 0.378 e. The first-order valence-electron chi connectivity index (χ1n) is 9.89. The van der Waals surface area contributed by atoms with Crippen molar-refractivity contribution in [2.75, 3.05) is 31.6 Å². The Morgan fingerprint density at radius 3 is 2.94 bits per heavy atom. The van der Waals surface area contributed by atoms with E-state index in [4.69, 9.17) is 21.3 Å². The molecule has 8 nitrogen and oxygen atoms in total. The quantitative estimate of drug-likeness (QED) is 0.499. The number of halogens is 1. The highest BCUT2D eigenvalue weighted by Crippen LogP contribution is 2.31. The molecule has 158 valence electrons. The van der Waals surface area contributed by atoms with Crippen LogP contribution < -0.4 is 5.32 Å². The van der Waals surface area contributed by atoms with Crippen LogP contribution in [-0.4, -0.2) is 57.0 Å². The standard InChI is InChI=1S/C21H19ClN6O2S/c1-12(26-19-18-20(24-10-23-19)31-11-25-18)15-9-13-3-2-4-14(22)16(13)17(27-15)21(29)28-5-7-30-8-6-28/h2-4,9-12H,5-8H2,1H3,(H,23,24,26)/t12-/m0/s1. The fourth-order valence-corrected chi connectivity index (χ4v) is 4.56. The molecule has 0 bridgehead atoms. The summed E-state index contributed by atoms with van der Waals surface area (Å²) in [5.41, 5.74) is 3.53. The van der Waals surface area contributed by atoms with E-state index in [9.17, 15) is 4.79 Å². The molecule has 4 heterocycles. The molecule has 1 amide bonds. The van der Waals surface area contributed by atoms with Gasteiger partial charge in [0.05, 0.1) is 35.5 Å².